The third kappa shape index (κ3) is 9.55. The molecule has 3 aromatic rings. The highest BCUT2D eigenvalue weighted by Crippen LogP contribution is 2.25. The number of unbranched alkanes of at least 4 members (excludes halogenated alkanes) is 9. The Bertz CT molecular complexity index is 1420. The Kier molecular flexibility index (Phi) is 14.0. The van der Waals surface area contributed by atoms with Crippen molar-refractivity contribution in [2.24, 2.45) is 0 Å². The summed E-state index contributed by atoms with van der Waals surface area (Å²) in [5, 5.41) is 2.91. The number of nitrogens with one attached hydrogen (secondary N) is 1. The zero-order chi connectivity index (χ0) is 31.2. The molecule has 2 aromatic carbocycles. The molecule has 0 saturated heterocycles. The van der Waals surface area contributed by atoms with Crippen molar-refractivity contribution >= 4 is 45.9 Å². The van der Waals surface area contributed by atoms with Gasteiger partial charge in [-0.1, -0.05) is 76.3 Å². The van der Waals surface area contributed by atoms with Crippen molar-refractivity contribution in [2.75, 3.05) is 29.9 Å². The lowest BCUT2D eigenvalue weighted by molar-refractivity contribution is 0.0497. The van der Waals surface area contributed by atoms with E-state index in [2.05, 4.69) is 36.0 Å². The number of esters is 1. The zero-order valence-corrected chi connectivity index (χ0v) is 27.0. The average molecular weight is 611 g/mol. The Labute approximate surface area is 260 Å². The van der Waals surface area contributed by atoms with E-state index >= 15 is 0 Å². The molecule has 1 amide bonds. The predicted octanol–water partition coefficient (Wildman–Crippen LogP) is 8.25. The van der Waals surface area contributed by atoms with E-state index in [0.29, 0.717) is 24.2 Å². The van der Waals surface area contributed by atoms with Gasteiger partial charge in [-0.25, -0.2) is 9.78 Å². The van der Waals surface area contributed by atoms with Gasteiger partial charge >= 0.3 is 5.97 Å². The maximum Gasteiger partial charge on any atom is 0.338 e. The smallest absolute Gasteiger partial charge is 0.338 e. The van der Waals surface area contributed by atoms with Crippen LogP contribution in [0.3, 0.4) is 0 Å². The first-order valence-electron chi connectivity index (χ1n) is 15.9. The quantitative estimate of drug-likeness (QED) is 0.115. The van der Waals surface area contributed by atoms with Crippen molar-refractivity contribution in [3.05, 3.63) is 63.0 Å². The highest BCUT2D eigenvalue weighted by Gasteiger charge is 2.20. The fourth-order valence-electron chi connectivity index (χ4n) is 5.24. The van der Waals surface area contributed by atoms with Crippen molar-refractivity contribution in [1.82, 2.24) is 9.55 Å². The van der Waals surface area contributed by atoms with E-state index in [9.17, 15) is 14.4 Å². The number of hydrogen-bond acceptors (Lipinski definition) is 6. The summed E-state index contributed by atoms with van der Waals surface area (Å²) in [6.45, 7) is 10.6. The van der Waals surface area contributed by atoms with Crippen molar-refractivity contribution in [3.63, 3.8) is 0 Å². The summed E-state index contributed by atoms with van der Waals surface area (Å²) in [4.78, 5) is 45.9. The molecule has 0 fully saturated rings. The minimum Gasteiger partial charge on any atom is -0.462 e. The van der Waals surface area contributed by atoms with Crippen molar-refractivity contribution < 1.29 is 14.3 Å². The van der Waals surface area contributed by atoms with Gasteiger partial charge in [0.25, 0.3) is 11.5 Å². The van der Waals surface area contributed by atoms with Crippen molar-refractivity contribution in [2.45, 2.75) is 98.4 Å². The molecular weight excluding hydrogens is 564 g/mol. The Morgan fingerprint density at radius 3 is 2.16 bits per heavy atom. The Balaban J connectivity index is 1.62. The lowest BCUT2D eigenvalue weighted by atomic mass is 10.1. The summed E-state index contributed by atoms with van der Waals surface area (Å²) in [7, 11) is 0. The van der Waals surface area contributed by atoms with Crippen LogP contribution in [0.25, 0.3) is 11.0 Å². The Morgan fingerprint density at radius 1 is 0.884 bits per heavy atom. The molecule has 9 heteroatoms. The van der Waals surface area contributed by atoms with Crippen LogP contribution in [0.1, 0.15) is 113 Å². The van der Waals surface area contributed by atoms with E-state index in [1.807, 2.05) is 25.1 Å². The van der Waals surface area contributed by atoms with Crippen LogP contribution < -0.4 is 15.8 Å². The first kappa shape index (κ1) is 34.1. The molecule has 8 nitrogen and oxygen atoms in total. The molecule has 234 valence electrons. The molecule has 1 N–H and O–H groups in total. The number of benzene rings is 2. The molecule has 0 saturated carbocycles. The van der Waals surface area contributed by atoms with Gasteiger partial charge < -0.3 is 19.5 Å². The first-order valence-corrected chi connectivity index (χ1v) is 16.3. The van der Waals surface area contributed by atoms with Crippen LogP contribution in [0.2, 0.25) is 5.02 Å². The van der Waals surface area contributed by atoms with Crippen LogP contribution in [0.5, 0.6) is 0 Å². The standard InChI is InChI=1S/C34H47ClN4O4/c1-5-9-10-11-12-13-14-15-16-17-22-43-34(42)25-18-20-27(35)29(23-25)37-32(40)31-33(41)39(8-4)30-24-26(38(6-2)7-3)19-21-28(30)36-31/h18-21,23-24H,5-17,22H2,1-4H3,(H,37,40). The molecule has 1 aromatic heterocycles. The van der Waals surface area contributed by atoms with Crippen LogP contribution in [0.4, 0.5) is 11.4 Å². The monoisotopic (exact) mass is 610 g/mol. The number of nitrogens with zero attached hydrogens (tertiary/aromatic N) is 3. The number of carbonyl (C=O) groups excluding carboxylic acids is 2. The number of ether oxygens (including phenoxy) is 1. The van der Waals surface area contributed by atoms with Crippen LogP contribution >= 0.6 is 11.6 Å². The van der Waals surface area contributed by atoms with Gasteiger partial charge in [0.1, 0.15) is 0 Å². The number of amides is 1. The van der Waals surface area contributed by atoms with Gasteiger partial charge in [0, 0.05) is 25.3 Å². The third-order valence-electron chi connectivity index (χ3n) is 7.77. The second-order valence-corrected chi connectivity index (χ2v) is 11.2. The van der Waals surface area contributed by atoms with Gasteiger partial charge in [0.15, 0.2) is 5.69 Å². The molecule has 0 aliphatic carbocycles. The van der Waals surface area contributed by atoms with Crippen LogP contribution in [-0.2, 0) is 11.3 Å². The number of rotatable bonds is 18. The largest absolute Gasteiger partial charge is 0.462 e. The topological polar surface area (TPSA) is 93.5 Å². The number of fused-ring (bicyclic) bond motifs is 1. The number of carbonyl (C=O) groups is 2. The highest BCUT2D eigenvalue weighted by molar-refractivity contribution is 6.34. The van der Waals surface area contributed by atoms with Gasteiger partial charge in [0.2, 0.25) is 0 Å². The summed E-state index contributed by atoms with van der Waals surface area (Å²) < 4.78 is 7.01. The van der Waals surface area contributed by atoms with E-state index in [-0.39, 0.29) is 22.0 Å². The maximum absolute atomic E-state index is 13.3. The molecule has 0 unspecified atom stereocenters. The SMILES string of the molecule is CCCCCCCCCCCCOC(=O)c1ccc(Cl)c(NC(=O)c2nc3ccc(N(CC)CC)cc3n(CC)c2=O)c1. The number of aromatic nitrogens is 2. The van der Waals surface area contributed by atoms with Crippen molar-refractivity contribution in [3.8, 4) is 0 Å². The summed E-state index contributed by atoms with van der Waals surface area (Å²) in [5.41, 5.74) is 1.94. The zero-order valence-electron chi connectivity index (χ0n) is 26.2. The first-order chi connectivity index (χ1) is 20.8. The summed E-state index contributed by atoms with van der Waals surface area (Å²) in [5.74, 6) is -1.18. The fourth-order valence-corrected chi connectivity index (χ4v) is 5.41. The average Bonchev–Trinajstić information content (AvgIpc) is 3.01. The van der Waals surface area contributed by atoms with Crippen molar-refractivity contribution in [1.29, 1.82) is 0 Å². The molecule has 3 rings (SSSR count). The summed E-state index contributed by atoms with van der Waals surface area (Å²) in [6.07, 6.45) is 12.0. The van der Waals surface area contributed by atoms with Gasteiger partial charge in [-0.05, 0) is 63.6 Å². The normalized spacial score (nSPS) is 11.1. The third-order valence-corrected chi connectivity index (χ3v) is 8.10. The number of halogens is 1. The van der Waals surface area contributed by atoms with E-state index in [1.165, 1.54) is 57.1 Å². The fraction of sp³-hybridized carbons (Fsp3) is 0.529. The van der Waals surface area contributed by atoms with E-state index in [4.69, 9.17) is 16.3 Å². The number of hydrogen-bond donors (Lipinski definition) is 1. The van der Waals surface area contributed by atoms with Gasteiger partial charge in [-0.15, -0.1) is 0 Å². The lowest BCUT2D eigenvalue weighted by Gasteiger charge is -2.22. The van der Waals surface area contributed by atoms with E-state index in [0.717, 1.165) is 38.0 Å². The molecular formula is C34H47ClN4O4. The molecule has 0 aliphatic rings. The van der Waals surface area contributed by atoms with Gasteiger partial charge in [-0.3, -0.25) is 9.59 Å². The highest BCUT2D eigenvalue weighted by atomic mass is 35.5. The van der Waals surface area contributed by atoms with Crippen LogP contribution in [-0.4, -0.2) is 41.1 Å². The predicted molar refractivity (Wildman–Crippen MR) is 177 cm³/mol. The maximum atomic E-state index is 13.3. The Morgan fingerprint density at radius 2 is 1.53 bits per heavy atom. The van der Waals surface area contributed by atoms with Crippen LogP contribution in [0.15, 0.2) is 41.2 Å². The second-order valence-electron chi connectivity index (χ2n) is 10.8. The van der Waals surface area contributed by atoms with Gasteiger partial charge in [-0.2, -0.15) is 0 Å². The van der Waals surface area contributed by atoms with Crippen LogP contribution in [0, 0.1) is 0 Å². The molecule has 0 aliphatic heterocycles. The summed E-state index contributed by atoms with van der Waals surface area (Å²) >= 11 is 6.35. The summed E-state index contributed by atoms with van der Waals surface area (Å²) in [6, 6.07) is 10.3. The minimum atomic E-state index is -0.695. The molecule has 0 spiro atoms. The molecule has 1 heterocycles. The van der Waals surface area contributed by atoms with E-state index < -0.39 is 17.4 Å². The second kappa shape index (κ2) is 17.7. The number of aryl methyl sites for hydroxylation is 1. The molecule has 43 heavy (non-hydrogen) atoms. The molecule has 0 radical (unpaired) electrons. The minimum absolute atomic E-state index is 0.210. The van der Waals surface area contributed by atoms with E-state index in [1.54, 1.807) is 10.6 Å². The van der Waals surface area contributed by atoms with Gasteiger partial charge in [0.05, 0.1) is 33.9 Å². The molecule has 0 atom stereocenters. The Hall–Kier alpha value is -3.39. The molecule has 0 bridgehead atoms. The lowest BCUT2D eigenvalue weighted by Crippen LogP contribution is -2.31. The number of anilines is 2.